The summed E-state index contributed by atoms with van der Waals surface area (Å²) in [6.45, 7) is 8.11. The number of halogens is 2. The first-order chi connectivity index (χ1) is 13.1. The SMILES string of the molecule is CCNC(=NCc1ccc(OCC)c(F)c1)NC1CCc2nc(C)nn2C1.I. The van der Waals surface area contributed by atoms with E-state index >= 15 is 0 Å². The van der Waals surface area contributed by atoms with Gasteiger partial charge in [0.1, 0.15) is 11.6 Å². The van der Waals surface area contributed by atoms with Crippen molar-refractivity contribution in [1.82, 2.24) is 25.4 Å². The van der Waals surface area contributed by atoms with Crippen LogP contribution in [0.1, 0.15) is 37.5 Å². The van der Waals surface area contributed by atoms with E-state index in [-0.39, 0.29) is 41.6 Å². The molecule has 1 aliphatic heterocycles. The molecule has 0 amide bonds. The van der Waals surface area contributed by atoms with Crippen LogP contribution in [0.3, 0.4) is 0 Å². The lowest BCUT2D eigenvalue weighted by Gasteiger charge is -2.25. The smallest absolute Gasteiger partial charge is 0.191 e. The van der Waals surface area contributed by atoms with E-state index in [0.717, 1.165) is 49.1 Å². The van der Waals surface area contributed by atoms with Gasteiger partial charge in [0, 0.05) is 19.0 Å². The zero-order valence-corrected chi connectivity index (χ0v) is 18.9. The predicted molar refractivity (Wildman–Crippen MR) is 118 cm³/mol. The topological polar surface area (TPSA) is 76.4 Å². The summed E-state index contributed by atoms with van der Waals surface area (Å²) in [6.07, 6.45) is 1.86. The molecule has 7 nitrogen and oxygen atoms in total. The second kappa shape index (κ2) is 10.6. The fraction of sp³-hybridized carbons (Fsp3) is 0.526. The van der Waals surface area contributed by atoms with Crippen molar-refractivity contribution < 1.29 is 9.13 Å². The minimum absolute atomic E-state index is 0. The largest absolute Gasteiger partial charge is 0.491 e. The van der Waals surface area contributed by atoms with Crippen LogP contribution in [0.25, 0.3) is 0 Å². The molecule has 28 heavy (non-hydrogen) atoms. The molecular weight excluding hydrogens is 474 g/mol. The van der Waals surface area contributed by atoms with Crippen LogP contribution in [0.2, 0.25) is 0 Å². The third kappa shape index (κ3) is 5.79. The standard InChI is InChI=1S/C19H27FN6O.HI/c1-4-21-19(22-11-14-6-8-17(27-5-2)16(20)10-14)24-15-7-9-18-23-13(3)25-26(18)12-15;/h6,8,10,15H,4-5,7,9,11-12H2,1-3H3,(H2,21,22,24);1H. The monoisotopic (exact) mass is 502 g/mol. The number of benzene rings is 1. The quantitative estimate of drug-likeness (QED) is 0.361. The molecule has 0 radical (unpaired) electrons. The van der Waals surface area contributed by atoms with Gasteiger partial charge in [0.15, 0.2) is 17.5 Å². The van der Waals surface area contributed by atoms with Crippen LogP contribution < -0.4 is 15.4 Å². The molecule has 3 rings (SSSR count). The minimum atomic E-state index is -0.358. The van der Waals surface area contributed by atoms with Crippen molar-refractivity contribution in [2.75, 3.05) is 13.2 Å². The van der Waals surface area contributed by atoms with Gasteiger partial charge in [-0.25, -0.2) is 19.0 Å². The molecular formula is C19H28FIN6O. The minimum Gasteiger partial charge on any atom is -0.491 e. The van der Waals surface area contributed by atoms with E-state index in [1.807, 2.05) is 31.5 Å². The third-order valence-electron chi connectivity index (χ3n) is 4.36. The van der Waals surface area contributed by atoms with Gasteiger partial charge < -0.3 is 15.4 Å². The molecule has 1 aromatic carbocycles. The summed E-state index contributed by atoms with van der Waals surface area (Å²) in [4.78, 5) is 9.04. The van der Waals surface area contributed by atoms with Crippen LogP contribution in [-0.4, -0.2) is 39.9 Å². The number of ether oxygens (including phenoxy) is 1. The molecule has 0 saturated carbocycles. The van der Waals surface area contributed by atoms with Gasteiger partial charge in [0.25, 0.3) is 0 Å². The molecule has 0 spiro atoms. The molecule has 0 saturated heterocycles. The van der Waals surface area contributed by atoms with Gasteiger partial charge in [-0.1, -0.05) is 6.07 Å². The Hall–Kier alpha value is -1.91. The van der Waals surface area contributed by atoms with Crippen molar-refractivity contribution in [3.05, 3.63) is 41.2 Å². The highest BCUT2D eigenvalue weighted by Crippen LogP contribution is 2.19. The molecule has 2 heterocycles. The molecule has 1 aromatic heterocycles. The maximum Gasteiger partial charge on any atom is 0.191 e. The molecule has 0 aliphatic carbocycles. The second-order valence-corrected chi connectivity index (χ2v) is 6.53. The number of nitrogens with zero attached hydrogens (tertiary/aromatic N) is 4. The average molecular weight is 502 g/mol. The highest BCUT2D eigenvalue weighted by molar-refractivity contribution is 14.0. The summed E-state index contributed by atoms with van der Waals surface area (Å²) in [6, 6.07) is 5.20. The Morgan fingerprint density at radius 1 is 1.39 bits per heavy atom. The Bertz CT molecular complexity index is 810. The maximum atomic E-state index is 14.0. The van der Waals surface area contributed by atoms with Gasteiger partial charge in [0.2, 0.25) is 0 Å². The Morgan fingerprint density at radius 2 is 2.21 bits per heavy atom. The van der Waals surface area contributed by atoms with E-state index in [2.05, 4.69) is 25.7 Å². The van der Waals surface area contributed by atoms with Crippen LogP contribution in [0, 0.1) is 12.7 Å². The van der Waals surface area contributed by atoms with Crippen LogP contribution in [-0.2, 0) is 19.5 Å². The van der Waals surface area contributed by atoms with Gasteiger partial charge in [-0.3, -0.25) is 0 Å². The van der Waals surface area contributed by atoms with E-state index in [9.17, 15) is 4.39 Å². The van der Waals surface area contributed by atoms with Crippen molar-refractivity contribution in [1.29, 1.82) is 0 Å². The Labute approximate surface area is 182 Å². The van der Waals surface area contributed by atoms with Crippen molar-refractivity contribution in [3.63, 3.8) is 0 Å². The first kappa shape index (κ1) is 22.4. The lowest BCUT2D eigenvalue weighted by Crippen LogP contribution is -2.47. The zero-order chi connectivity index (χ0) is 19.2. The van der Waals surface area contributed by atoms with Gasteiger partial charge in [-0.2, -0.15) is 5.10 Å². The highest BCUT2D eigenvalue weighted by atomic mass is 127. The number of fused-ring (bicyclic) bond motifs is 1. The first-order valence-electron chi connectivity index (χ1n) is 9.45. The Kier molecular flexibility index (Phi) is 8.46. The first-order valence-corrected chi connectivity index (χ1v) is 9.45. The number of guanidine groups is 1. The number of rotatable bonds is 6. The summed E-state index contributed by atoms with van der Waals surface area (Å²) < 4.78 is 21.2. The molecule has 1 atom stereocenters. The van der Waals surface area contributed by atoms with Gasteiger partial charge in [0.05, 0.1) is 19.7 Å². The van der Waals surface area contributed by atoms with Crippen LogP contribution in [0.15, 0.2) is 23.2 Å². The summed E-state index contributed by atoms with van der Waals surface area (Å²) in [5.74, 6) is 2.48. The molecule has 1 unspecified atom stereocenters. The fourth-order valence-electron chi connectivity index (χ4n) is 3.15. The molecule has 0 bridgehead atoms. The van der Waals surface area contributed by atoms with Crippen molar-refractivity contribution in [3.8, 4) is 5.75 Å². The van der Waals surface area contributed by atoms with E-state index in [1.165, 1.54) is 6.07 Å². The lowest BCUT2D eigenvalue weighted by molar-refractivity contribution is 0.321. The van der Waals surface area contributed by atoms with Crippen LogP contribution in [0.5, 0.6) is 5.75 Å². The van der Waals surface area contributed by atoms with Crippen molar-refractivity contribution in [2.24, 2.45) is 4.99 Å². The van der Waals surface area contributed by atoms with E-state index in [4.69, 9.17) is 4.74 Å². The van der Waals surface area contributed by atoms with E-state index in [1.54, 1.807) is 6.07 Å². The lowest BCUT2D eigenvalue weighted by atomic mass is 10.1. The number of nitrogens with one attached hydrogen (secondary N) is 2. The maximum absolute atomic E-state index is 14.0. The molecule has 1 aliphatic rings. The molecule has 154 valence electrons. The third-order valence-corrected chi connectivity index (χ3v) is 4.36. The van der Waals surface area contributed by atoms with Crippen LogP contribution >= 0.6 is 24.0 Å². The van der Waals surface area contributed by atoms with Gasteiger partial charge in [-0.05, 0) is 44.9 Å². The number of aromatic nitrogens is 3. The molecule has 9 heteroatoms. The number of aliphatic imine (C=N–C) groups is 1. The summed E-state index contributed by atoms with van der Waals surface area (Å²) in [5, 5.41) is 11.1. The van der Waals surface area contributed by atoms with Gasteiger partial charge in [-0.15, -0.1) is 24.0 Å². The summed E-state index contributed by atoms with van der Waals surface area (Å²) >= 11 is 0. The zero-order valence-electron chi connectivity index (χ0n) is 16.5. The van der Waals surface area contributed by atoms with E-state index in [0.29, 0.717) is 13.2 Å². The van der Waals surface area contributed by atoms with Crippen molar-refractivity contribution >= 4 is 29.9 Å². The number of hydrogen-bond acceptors (Lipinski definition) is 4. The van der Waals surface area contributed by atoms with E-state index < -0.39 is 0 Å². The second-order valence-electron chi connectivity index (χ2n) is 6.53. The Balaban J connectivity index is 0.00000280. The van der Waals surface area contributed by atoms with Crippen LogP contribution in [0.4, 0.5) is 4.39 Å². The average Bonchev–Trinajstić information content (AvgIpc) is 3.01. The highest BCUT2D eigenvalue weighted by Gasteiger charge is 2.21. The fourth-order valence-corrected chi connectivity index (χ4v) is 3.15. The summed E-state index contributed by atoms with van der Waals surface area (Å²) in [7, 11) is 0. The van der Waals surface area contributed by atoms with Gasteiger partial charge >= 0.3 is 0 Å². The summed E-state index contributed by atoms with van der Waals surface area (Å²) in [5.41, 5.74) is 0.797. The number of hydrogen-bond donors (Lipinski definition) is 2. The Morgan fingerprint density at radius 3 is 2.93 bits per heavy atom. The predicted octanol–water partition coefficient (Wildman–Crippen LogP) is 2.81. The molecule has 0 fully saturated rings. The molecule has 2 aromatic rings. The normalized spacial score (nSPS) is 16.1. The van der Waals surface area contributed by atoms with Crippen molar-refractivity contribution in [2.45, 2.75) is 52.7 Å². The number of aryl methyl sites for hydroxylation is 2. The molecule has 2 N–H and O–H groups in total.